The van der Waals surface area contributed by atoms with E-state index < -0.39 is 6.04 Å². The monoisotopic (exact) mass is 353 g/mol. The predicted molar refractivity (Wildman–Crippen MR) is 94.6 cm³/mol. The van der Waals surface area contributed by atoms with Crippen molar-refractivity contribution >= 4 is 28.7 Å². The largest absolute Gasteiger partial charge is 0.339 e. The fraction of sp³-hybridized carbons (Fsp3) is 0.353. The minimum absolute atomic E-state index is 0.126. The molecular weight excluding hydrogens is 334 g/mol. The van der Waals surface area contributed by atoms with E-state index >= 15 is 0 Å². The van der Waals surface area contributed by atoms with E-state index in [0.29, 0.717) is 18.6 Å². The zero-order valence-electron chi connectivity index (χ0n) is 14.6. The van der Waals surface area contributed by atoms with Gasteiger partial charge in [-0.05, 0) is 25.0 Å². The average molecular weight is 353 g/mol. The first-order valence-electron chi connectivity index (χ1n) is 8.42. The molecule has 1 fully saturated rings. The highest BCUT2D eigenvalue weighted by Gasteiger charge is 2.31. The van der Waals surface area contributed by atoms with Gasteiger partial charge in [0.25, 0.3) is 5.91 Å². The molecular formula is C17H19N7O2. The van der Waals surface area contributed by atoms with Crippen molar-refractivity contribution in [1.82, 2.24) is 29.6 Å². The first kappa shape index (κ1) is 16.2. The maximum Gasteiger partial charge on any atom is 0.270 e. The molecule has 4 rings (SSSR count). The number of aromatic nitrogens is 5. The third-order valence-electron chi connectivity index (χ3n) is 4.54. The third kappa shape index (κ3) is 2.81. The molecule has 9 heteroatoms. The van der Waals surface area contributed by atoms with Crippen LogP contribution >= 0.6 is 0 Å². The molecule has 0 bridgehead atoms. The minimum Gasteiger partial charge on any atom is -0.339 e. The number of amides is 2. The van der Waals surface area contributed by atoms with Crippen molar-refractivity contribution in [2.75, 3.05) is 11.4 Å². The molecule has 0 aliphatic carbocycles. The van der Waals surface area contributed by atoms with E-state index in [9.17, 15) is 9.59 Å². The zero-order valence-corrected chi connectivity index (χ0v) is 14.6. The number of fused-ring (bicyclic) bond motifs is 1. The fourth-order valence-electron chi connectivity index (χ4n) is 3.18. The molecule has 26 heavy (non-hydrogen) atoms. The molecule has 4 heterocycles. The number of hydrogen-bond donors (Lipinski definition) is 1. The molecule has 2 amide bonds. The van der Waals surface area contributed by atoms with Crippen molar-refractivity contribution in [2.24, 2.45) is 14.1 Å². The summed E-state index contributed by atoms with van der Waals surface area (Å²) in [6.07, 6.45) is 6.50. The predicted octanol–water partition coefficient (Wildman–Crippen LogP) is 0.627. The van der Waals surface area contributed by atoms with Gasteiger partial charge in [-0.15, -0.1) is 0 Å². The maximum atomic E-state index is 12.8. The van der Waals surface area contributed by atoms with Gasteiger partial charge in [-0.2, -0.15) is 5.10 Å². The van der Waals surface area contributed by atoms with Gasteiger partial charge in [-0.3, -0.25) is 14.3 Å². The van der Waals surface area contributed by atoms with Crippen molar-refractivity contribution in [3.63, 3.8) is 0 Å². The first-order chi connectivity index (χ1) is 12.5. The summed E-state index contributed by atoms with van der Waals surface area (Å²) in [6, 6.07) is 2.80. The summed E-state index contributed by atoms with van der Waals surface area (Å²) in [5, 5.41) is 6.93. The van der Waals surface area contributed by atoms with Crippen LogP contribution < -0.4 is 10.2 Å². The highest BCUT2D eigenvalue weighted by atomic mass is 16.2. The molecule has 0 radical (unpaired) electrons. The second-order valence-corrected chi connectivity index (χ2v) is 6.43. The molecule has 1 aliphatic rings. The minimum atomic E-state index is -0.569. The number of hydrogen-bond acceptors (Lipinski definition) is 5. The van der Waals surface area contributed by atoms with E-state index in [1.165, 1.54) is 0 Å². The number of piperidine rings is 1. The maximum absolute atomic E-state index is 12.8. The Labute approximate surface area is 149 Å². The van der Waals surface area contributed by atoms with Gasteiger partial charge in [0.05, 0.1) is 18.2 Å². The Balaban J connectivity index is 1.52. The van der Waals surface area contributed by atoms with E-state index in [1.807, 2.05) is 7.05 Å². The summed E-state index contributed by atoms with van der Waals surface area (Å²) in [7, 11) is 3.62. The zero-order chi connectivity index (χ0) is 18.3. The van der Waals surface area contributed by atoms with Crippen LogP contribution in [0.5, 0.6) is 0 Å². The Morgan fingerprint density at radius 3 is 2.92 bits per heavy atom. The Morgan fingerprint density at radius 1 is 1.31 bits per heavy atom. The van der Waals surface area contributed by atoms with E-state index in [4.69, 9.17) is 0 Å². The molecule has 0 aromatic carbocycles. The van der Waals surface area contributed by atoms with Crippen LogP contribution in [0.2, 0.25) is 0 Å². The van der Waals surface area contributed by atoms with Crippen molar-refractivity contribution in [3.05, 3.63) is 36.5 Å². The molecule has 1 atom stereocenters. The molecule has 3 aromatic heterocycles. The summed E-state index contributed by atoms with van der Waals surface area (Å²) in [5.41, 5.74) is 2.36. The number of carbonyl (C=O) groups is 2. The van der Waals surface area contributed by atoms with Crippen LogP contribution in [0, 0.1) is 0 Å². The molecule has 1 unspecified atom stereocenters. The lowest BCUT2D eigenvalue weighted by Gasteiger charge is -2.31. The fourth-order valence-corrected chi connectivity index (χ4v) is 3.18. The quantitative estimate of drug-likeness (QED) is 0.745. The number of imidazole rings is 1. The Hall–Kier alpha value is -3.23. The van der Waals surface area contributed by atoms with Crippen molar-refractivity contribution in [3.8, 4) is 0 Å². The summed E-state index contributed by atoms with van der Waals surface area (Å²) in [5.74, 6) is -0.487. The SMILES string of the molecule is Cn1cc(N2CCCC(NC(=O)c3ccc4ncn(C)c4n3)C2=O)cn1. The van der Waals surface area contributed by atoms with Gasteiger partial charge < -0.3 is 14.8 Å². The van der Waals surface area contributed by atoms with E-state index in [-0.39, 0.29) is 17.5 Å². The van der Waals surface area contributed by atoms with Gasteiger partial charge in [0, 0.05) is 26.8 Å². The molecule has 1 N–H and O–H groups in total. The van der Waals surface area contributed by atoms with Gasteiger partial charge in [-0.1, -0.05) is 0 Å². The third-order valence-corrected chi connectivity index (χ3v) is 4.54. The summed E-state index contributed by atoms with van der Waals surface area (Å²) >= 11 is 0. The Bertz CT molecular complexity index is 990. The molecule has 3 aromatic rings. The molecule has 9 nitrogen and oxygen atoms in total. The van der Waals surface area contributed by atoms with Crippen LogP contribution in [0.1, 0.15) is 23.3 Å². The summed E-state index contributed by atoms with van der Waals surface area (Å²) < 4.78 is 3.40. The molecule has 134 valence electrons. The van der Waals surface area contributed by atoms with Gasteiger partial charge >= 0.3 is 0 Å². The number of rotatable bonds is 3. The number of pyridine rings is 1. The van der Waals surface area contributed by atoms with Crippen molar-refractivity contribution < 1.29 is 9.59 Å². The highest BCUT2D eigenvalue weighted by molar-refractivity contribution is 6.02. The van der Waals surface area contributed by atoms with Gasteiger partial charge in [0.15, 0.2) is 5.65 Å². The first-order valence-corrected chi connectivity index (χ1v) is 8.42. The summed E-state index contributed by atoms with van der Waals surface area (Å²) in [4.78, 5) is 35.6. The van der Waals surface area contributed by atoms with Crippen LogP contribution in [-0.4, -0.2) is 48.7 Å². The van der Waals surface area contributed by atoms with Gasteiger partial charge in [0.2, 0.25) is 5.91 Å². The van der Waals surface area contributed by atoms with Crippen LogP contribution in [0.15, 0.2) is 30.9 Å². The standard InChI is InChI=1S/C17H19N7O2/c1-22-10-18-12-5-6-13(20-15(12)22)16(25)21-14-4-3-7-24(17(14)26)11-8-19-23(2)9-11/h5-6,8-10,14H,3-4,7H2,1-2H3,(H,21,25). The number of carbonyl (C=O) groups excluding carboxylic acids is 2. The van der Waals surface area contributed by atoms with Crippen molar-refractivity contribution in [2.45, 2.75) is 18.9 Å². The van der Waals surface area contributed by atoms with E-state index in [0.717, 1.165) is 17.6 Å². The molecule has 0 saturated carbocycles. The summed E-state index contributed by atoms with van der Waals surface area (Å²) in [6.45, 7) is 0.621. The van der Waals surface area contributed by atoms with Gasteiger partial charge in [-0.25, -0.2) is 9.97 Å². The molecule has 0 spiro atoms. The second-order valence-electron chi connectivity index (χ2n) is 6.43. The van der Waals surface area contributed by atoms with E-state index in [1.54, 1.807) is 52.1 Å². The number of anilines is 1. The number of nitrogens with zero attached hydrogens (tertiary/aromatic N) is 6. The lowest BCUT2D eigenvalue weighted by atomic mass is 10.0. The topological polar surface area (TPSA) is 97.9 Å². The number of aryl methyl sites for hydroxylation is 2. The van der Waals surface area contributed by atoms with Crippen LogP contribution in [0.3, 0.4) is 0 Å². The molecule has 1 saturated heterocycles. The normalized spacial score (nSPS) is 17.7. The van der Waals surface area contributed by atoms with Crippen molar-refractivity contribution in [1.29, 1.82) is 0 Å². The second kappa shape index (κ2) is 6.25. The van der Waals surface area contributed by atoms with Gasteiger partial charge in [0.1, 0.15) is 17.3 Å². The average Bonchev–Trinajstić information content (AvgIpc) is 3.22. The Morgan fingerprint density at radius 2 is 2.15 bits per heavy atom. The number of nitrogens with one attached hydrogen (secondary N) is 1. The molecule has 1 aliphatic heterocycles. The lowest BCUT2D eigenvalue weighted by Crippen LogP contribution is -2.52. The lowest BCUT2D eigenvalue weighted by molar-refractivity contribution is -0.121. The van der Waals surface area contributed by atoms with E-state index in [2.05, 4.69) is 20.4 Å². The highest BCUT2D eigenvalue weighted by Crippen LogP contribution is 2.20. The van der Waals surface area contributed by atoms with Crippen LogP contribution in [-0.2, 0) is 18.9 Å². The van der Waals surface area contributed by atoms with Crippen LogP contribution in [0.4, 0.5) is 5.69 Å². The Kier molecular flexibility index (Phi) is 3.90. The smallest absolute Gasteiger partial charge is 0.270 e. The van der Waals surface area contributed by atoms with Crippen LogP contribution in [0.25, 0.3) is 11.2 Å².